The van der Waals surface area contributed by atoms with Gasteiger partial charge in [-0.3, -0.25) is 10.2 Å². The van der Waals surface area contributed by atoms with Crippen LogP contribution >= 0.6 is 11.6 Å². The highest BCUT2D eigenvalue weighted by Crippen LogP contribution is 2.21. The summed E-state index contributed by atoms with van der Waals surface area (Å²) in [6.45, 7) is 0. The lowest BCUT2D eigenvalue weighted by molar-refractivity contribution is -0.123. The molecule has 15 heavy (non-hydrogen) atoms. The smallest absolute Gasteiger partial charge is 0.236 e. The molecule has 0 saturated carbocycles. The van der Waals surface area contributed by atoms with Gasteiger partial charge in [0.15, 0.2) is 0 Å². The van der Waals surface area contributed by atoms with Crippen molar-refractivity contribution in [3.05, 3.63) is 34.9 Å². The Morgan fingerprint density at radius 3 is 2.60 bits per heavy atom. The first-order valence-electron chi connectivity index (χ1n) is 4.45. The molecule has 0 heterocycles. The minimum absolute atomic E-state index is 0.189. The van der Waals surface area contributed by atoms with E-state index in [1.807, 2.05) is 12.1 Å². The largest absolute Gasteiger partial charge is 0.376 e. The number of nitrogens with one attached hydrogen (secondary N) is 1. The number of rotatable bonds is 4. The molecule has 0 saturated heterocycles. The first kappa shape index (κ1) is 12.0. The molecule has 0 aliphatic heterocycles. The van der Waals surface area contributed by atoms with Gasteiger partial charge in [0.25, 0.3) is 0 Å². The molecular formula is C10H13ClN2O2. The molecule has 0 unspecified atom stereocenters. The molecule has 0 radical (unpaired) electrons. The normalized spacial score (nSPS) is 12.2. The van der Waals surface area contributed by atoms with Crippen molar-refractivity contribution in [1.82, 2.24) is 5.43 Å². The second-order valence-electron chi connectivity index (χ2n) is 3.05. The SMILES string of the molecule is CO[C@H](CC(=O)NN)c1ccc(Cl)cc1. The molecule has 82 valence electrons. The van der Waals surface area contributed by atoms with E-state index < -0.39 is 0 Å². The maximum atomic E-state index is 11.1. The number of hydrogen-bond donors (Lipinski definition) is 2. The third kappa shape index (κ3) is 3.51. The molecule has 1 amide bonds. The van der Waals surface area contributed by atoms with Crippen molar-refractivity contribution in [3.63, 3.8) is 0 Å². The number of benzene rings is 1. The summed E-state index contributed by atoms with van der Waals surface area (Å²) in [5.74, 6) is 4.73. The first-order valence-corrected chi connectivity index (χ1v) is 4.83. The molecule has 5 heteroatoms. The first-order chi connectivity index (χ1) is 7.17. The van der Waals surface area contributed by atoms with Crippen molar-refractivity contribution in [3.8, 4) is 0 Å². The van der Waals surface area contributed by atoms with Crippen LogP contribution in [0.1, 0.15) is 18.1 Å². The molecule has 0 aliphatic rings. The van der Waals surface area contributed by atoms with Crippen LogP contribution in [0.25, 0.3) is 0 Å². The van der Waals surface area contributed by atoms with E-state index in [9.17, 15) is 4.79 Å². The third-order valence-corrected chi connectivity index (χ3v) is 2.31. The molecule has 3 N–H and O–H groups in total. The van der Waals surface area contributed by atoms with Gasteiger partial charge in [-0.25, -0.2) is 5.84 Å². The van der Waals surface area contributed by atoms with E-state index in [4.69, 9.17) is 22.2 Å². The Balaban J connectivity index is 2.74. The molecule has 1 aromatic rings. The van der Waals surface area contributed by atoms with Crippen molar-refractivity contribution in [2.75, 3.05) is 7.11 Å². The van der Waals surface area contributed by atoms with Crippen LogP contribution in [-0.2, 0) is 9.53 Å². The Hall–Kier alpha value is -1.10. The van der Waals surface area contributed by atoms with Gasteiger partial charge in [0.2, 0.25) is 5.91 Å². The van der Waals surface area contributed by atoms with Crippen LogP contribution < -0.4 is 11.3 Å². The molecule has 1 rings (SSSR count). The quantitative estimate of drug-likeness (QED) is 0.465. The van der Waals surface area contributed by atoms with E-state index in [1.165, 1.54) is 0 Å². The van der Waals surface area contributed by atoms with Gasteiger partial charge in [0.1, 0.15) is 0 Å². The lowest BCUT2D eigenvalue weighted by atomic mass is 10.1. The molecule has 1 aromatic carbocycles. The van der Waals surface area contributed by atoms with Gasteiger partial charge >= 0.3 is 0 Å². The van der Waals surface area contributed by atoms with Crippen LogP contribution in [0.2, 0.25) is 5.02 Å². The molecule has 0 bridgehead atoms. The number of amides is 1. The van der Waals surface area contributed by atoms with Crippen molar-refractivity contribution >= 4 is 17.5 Å². The van der Waals surface area contributed by atoms with E-state index in [0.717, 1.165) is 5.56 Å². The van der Waals surface area contributed by atoms with Crippen molar-refractivity contribution in [1.29, 1.82) is 0 Å². The highest BCUT2D eigenvalue weighted by atomic mass is 35.5. The summed E-state index contributed by atoms with van der Waals surface area (Å²) in [7, 11) is 1.54. The topological polar surface area (TPSA) is 64.3 Å². The van der Waals surface area contributed by atoms with Gasteiger partial charge < -0.3 is 4.74 Å². The number of ether oxygens (including phenoxy) is 1. The molecule has 1 atom stereocenters. The van der Waals surface area contributed by atoms with Crippen molar-refractivity contribution < 1.29 is 9.53 Å². The standard InChI is InChI=1S/C10H13ClN2O2/c1-15-9(6-10(14)13-12)7-2-4-8(11)5-3-7/h2-5,9H,6,12H2,1H3,(H,13,14)/t9-/m1/s1. The van der Waals surface area contributed by atoms with Crippen LogP contribution in [-0.4, -0.2) is 13.0 Å². The Labute approximate surface area is 93.3 Å². The monoisotopic (exact) mass is 228 g/mol. The predicted octanol–water partition coefficient (Wildman–Crippen LogP) is 1.41. The van der Waals surface area contributed by atoms with Crippen molar-refractivity contribution in [2.24, 2.45) is 5.84 Å². The fourth-order valence-corrected chi connectivity index (χ4v) is 1.37. The molecule has 0 fully saturated rings. The van der Waals surface area contributed by atoms with Crippen molar-refractivity contribution in [2.45, 2.75) is 12.5 Å². The zero-order valence-electron chi connectivity index (χ0n) is 8.37. The highest BCUT2D eigenvalue weighted by molar-refractivity contribution is 6.30. The van der Waals surface area contributed by atoms with Gasteiger partial charge in [0.05, 0.1) is 12.5 Å². The van der Waals surface area contributed by atoms with E-state index in [2.05, 4.69) is 5.43 Å². The maximum Gasteiger partial charge on any atom is 0.236 e. The third-order valence-electron chi connectivity index (χ3n) is 2.06. The second kappa shape index (κ2) is 5.70. The van der Waals surface area contributed by atoms with E-state index in [1.54, 1.807) is 19.2 Å². The molecule has 0 aliphatic carbocycles. The number of halogens is 1. The number of hydrogen-bond acceptors (Lipinski definition) is 3. The second-order valence-corrected chi connectivity index (χ2v) is 3.48. The summed E-state index contributed by atoms with van der Waals surface area (Å²) >= 11 is 5.75. The average molecular weight is 229 g/mol. The highest BCUT2D eigenvalue weighted by Gasteiger charge is 2.14. The summed E-state index contributed by atoms with van der Waals surface area (Å²) in [4.78, 5) is 11.1. The Morgan fingerprint density at radius 2 is 2.13 bits per heavy atom. The molecule has 4 nitrogen and oxygen atoms in total. The Morgan fingerprint density at radius 1 is 1.53 bits per heavy atom. The zero-order chi connectivity index (χ0) is 11.3. The maximum absolute atomic E-state index is 11.1. The lowest BCUT2D eigenvalue weighted by Gasteiger charge is -2.14. The summed E-state index contributed by atoms with van der Waals surface area (Å²) in [6, 6.07) is 7.15. The van der Waals surface area contributed by atoms with E-state index in [0.29, 0.717) is 5.02 Å². The van der Waals surface area contributed by atoms with Crippen LogP contribution in [0.4, 0.5) is 0 Å². The number of carbonyl (C=O) groups excluding carboxylic acids is 1. The van der Waals surface area contributed by atoms with Crippen LogP contribution in [0.3, 0.4) is 0 Å². The zero-order valence-corrected chi connectivity index (χ0v) is 9.12. The number of nitrogens with two attached hydrogens (primary N) is 1. The van der Waals surface area contributed by atoms with Gasteiger partial charge in [-0.05, 0) is 17.7 Å². The van der Waals surface area contributed by atoms with E-state index >= 15 is 0 Å². The fourth-order valence-electron chi connectivity index (χ4n) is 1.24. The summed E-state index contributed by atoms with van der Waals surface area (Å²) in [5, 5.41) is 0.650. The van der Waals surface area contributed by atoms with Crippen LogP contribution in [0.15, 0.2) is 24.3 Å². The Kier molecular flexibility index (Phi) is 4.55. The van der Waals surface area contributed by atoms with Gasteiger partial charge in [0, 0.05) is 12.1 Å². The number of hydrazine groups is 1. The summed E-state index contributed by atoms with van der Waals surface area (Å²) in [6.07, 6.45) is -0.111. The molecule has 0 spiro atoms. The fraction of sp³-hybridized carbons (Fsp3) is 0.300. The minimum atomic E-state index is -0.300. The number of methoxy groups -OCH3 is 1. The predicted molar refractivity (Wildman–Crippen MR) is 58.1 cm³/mol. The molecule has 0 aromatic heterocycles. The Bertz CT molecular complexity index is 327. The van der Waals surface area contributed by atoms with Gasteiger partial charge in [-0.15, -0.1) is 0 Å². The average Bonchev–Trinajstić information content (AvgIpc) is 2.27. The van der Waals surface area contributed by atoms with Gasteiger partial charge in [-0.1, -0.05) is 23.7 Å². The summed E-state index contributed by atoms with van der Waals surface area (Å²) < 4.78 is 5.19. The number of carbonyl (C=O) groups is 1. The van der Waals surface area contributed by atoms with Crippen LogP contribution in [0.5, 0.6) is 0 Å². The minimum Gasteiger partial charge on any atom is -0.376 e. The molecular weight excluding hydrogens is 216 g/mol. The van der Waals surface area contributed by atoms with Gasteiger partial charge in [-0.2, -0.15) is 0 Å². The van der Waals surface area contributed by atoms with Crippen LogP contribution in [0, 0.1) is 0 Å². The summed E-state index contributed by atoms with van der Waals surface area (Å²) in [5.41, 5.74) is 2.96. The van der Waals surface area contributed by atoms with E-state index in [-0.39, 0.29) is 18.4 Å². The lowest BCUT2D eigenvalue weighted by Crippen LogP contribution is -2.31.